The number of carbonyl (C=O) groups excluding carboxylic acids is 1. The Morgan fingerprint density at radius 2 is 1.96 bits per heavy atom. The van der Waals surface area contributed by atoms with E-state index in [4.69, 9.17) is 4.74 Å². The fraction of sp³-hybridized carbons (Fsp3) is 0.450. The Morgan fingerprint density at radius 3 is 2.62 bits per heavy atom. The van der Waals surface area contributed by atoms with Crippen molar-refractivity contribution >= 4 is 5.91 Å². The average Bonchev–Trinajstić information content (AvgIpc) is 3.43. The summed E-state index contributed by atoms with van der Waals surface area (Å²) in [4.78, 5) is 22.9. The number of nitrogens with zero attached hydrogens (tertiary/aromatic N) is 3. The van der Waals surface area contributed by atoms with E-state index in [9.17, 15) is 9.90 Å². The first-order chi connectivity index (χ1) is 12.5. The van der Waals surface area contributed by atoms with E-state index in [2.05, 4.69) is 9.97 Å². The average molecular weight is 353 g/mol. The number of hydrogen-bond acceptors (Lipinski definition) is 5. The van der Waals surface area contributed by atoms with E-state index in [0.29, 0.717) is 24.4 Å². The van der Waals surface area contributed by atoms with Gasteiger partial charge < -0.3 is 14.7 Å². The third-order valence-electron chi connectivity index (χ3n) is 5.01. The van der Waals surface area contributed by atoms with Crippen molar-refractivity contribution in [2.24, 2.45) is 0 Å². The second kappa shape index (κ2) is 6.68. The van der Waals surface area contributed by atoms with Gasteiger partial charge in [-0.2, -0.15) is 0 Å². The van der Waals surface area contributed by atoms with Crippen LogP contribution in [0, 0.1) is 6.92 Å². The summed E-state index contributed by atoms with van der Waals surface area (Å²) in [5, 5.41) is 10.7. The zero-order valence-corrected chi connectivity index (χ0v) is 14.9. The van der Waals surface area contributed by atoms with E-state index in [-0.39, 0.29) is 19.1 Å². The molecule has 2 aromatic rings. The normalized spacial score (nSPS) is 22.5. The molecule has 6 heteroatoms. The van der Waals surface area contributed by atoms with Crippen molar-refractivity contribution in [3.63, 3.8) is 0 Å². The monoisotopic (exact) mass is 353 g/mol. The van der Waals surface area contributed by atoms with E-state index in [0.717, 1.165) is 30.0 Å². The molecule has 26 heavy (non-hydrogen) atoms. The van der Waals surface area contributed by atoms with Gasteiger partial charge in [-0.3, -0.25) is 4.79 Å². The largest absolute Gasteiger partial charge is 0.491 e. The van der Waals surface area contributed by atoms with E-state index in [1.165, 1.54) is 0 Å². The first-order valence-electron chi connectivity index (χ1n) is 9.05. The molecule has 1 atom stereocenters. The predicted molar refractivity (Wildman–Crippen MR) is 96.2 cm³/mol. The standard InChI is InChI=1S/C20H23N3O3/c1-14-2-6-17(7-3-14)26-13-20(25)8-9-23(12-20)19(24)16-10-21-18(22-11-16)15-4-5-15/h2-3,6-7,10-11,15,25H,4-5,8-9,12-13H2,1H3. The minimum absolute atomic E-state index is 0.140. The summed E-state index contributed by atoms with van der Waals surface area (Å²) < 4.78 is 5.72. The van der Waals surface area contributed by atoms with Crippen molar-refractivity contribution in [2.75, 3.05) is 19.7 Å². The van der Waals surface area contributed by atoms with Crippen LogP contribution in [-0.4, -0.2) is 51.2 Å². The Hall–Kier alpha value is -2.47. The molecular formula is C20H23N3O3. The Kier molecular flexibility index (Phi) is 4.36. The second-order valence-corrected chi connectivity index (χ2v) is 7.41. The van der Waals surface area contributed by atoms with Crippen LogP contribution in [-0.2, 0) is 0 Å². The highest BCUT2D eigenvalue weighted by Gasteiger charge is 2.39. The third-order valence-corrected chi connectivity index (χ3v) is 5.01. The number of carbonyl (C=O) groups is 1. The Labute approximate surface area is 152 Å². The van der Waals surface area contributed by atoms with Crippen molar-refractivity contribution in [2.45, 2.75) is 37.7 Å². The molecule has 2 aliphatic rings. The fourth-order valence-electron chi connectivity index (χ4n) is 3.18. The molecule has 4 rings (SSSR count). The summed E-state index contributed by atoms with van der Waals surface area (Å²) in [6.07, 6.45) is 5.96. The number of ether oxygens (including phenoxy) is 1. The maximum atomic E-state index is 12.6. The highest BCUT2D eigenvalue weighted by molar-refractivity contribution is 5.93. The molecule has 136 valence electrons. The maximum Gasteiger partial charge on any atom is 0.257 e. The molecule has 1 aliphatic heterocycles. The lowest BCUT2D eigenvalue weighted by atomic mass is 10.1. The van der Waals surface area contributed by atoms with E-state index >= 15 is 0 Å². The molecule has 2 heterocycles. The zero-order chi connectivity index (χ0) is 18.1. The van der Waals surface area contributed by atoms with Gasteiger partial charge in [-0.05, 0) is 38.3 Å². The number of aliphatic hydroxyl groups is 1. The number of amides is 1. The number of benzene rings is 1. The van der Waals surface area contributed by atoms with E-state index < -0.39 is 5.60 Å². The van der Waals surface area contributed by atoms with Crippen molar-refractivity contribution in [1.29, 1.82) is 0 Å². The van der Waals surface area contributed by atoms with E-state index in [1.54, 1.807) is 17.3 Å². The van der Waals surface area contributed by atoms with Crippen molar-refractivity contribution in [1.82, 2.24) is 14.9 Å². The fourth-order valence-corrected chi connectivity index (χ4v) is 3.18. The van der Waals surface area contributed by atoms with Crippen LogP contribution in [0.5, 0.6) is 5.75 Å². The van der Waals surface area contributed by atoms with Gasteiger partial charge in [-0.25, -0.2) is 9.97 Å². The molecule has 1 aromatic heterocycles. The van der Waals surface area contributed by atoms with Gasteiger partial charge in [0.05, 0.1) is 12.1 Å². The van der Waals surface area contributed by atoms with E-state index in [1.807, 2.05) is 31.2 Å². The molecule has 1 aromatic carbocycles. The third kappa shape index (κ3) is 3.70. The van der Waals surface area contributed by atoms with Crippen LogP contribution in [0.4, 0.5) is 0 Å². The molecule has 1 N–H and O–H groups in total. The lowest BCUT2D eigenvalue weighted by molar-refractivity contribution is 0.00429. The zero-order valence-electron chi connectivity index (χ0n) is 14.9. The molecule has 0 radical (unpaired) electrons. The topological polar surface area (TPSA) is 75.6 Å². The van der Waals surface area contributed by atoms with Crippen LogP contribution in [0.15, 0.2) is 36.7 Å². The molecule has 1 amide bonds. The number of hydrogen-bond donors (Lipinski definition) is 1. The molecule has 1 aliphatic carbocycles. The number of rotatable bonds is 5. The minimum Gasteiger partial charge on any atom is -0.491 e. The highest BCUT2D eigenvalue weighted by Crippen LogP contribution is 2.37. The molecule has 1 saturated heterocycles. The molecule has 1 saturated carbocycles. The minimum atomic E-state index is -1.03. The maximum absolute atomic E-state index is 12.6. The van der Waals surface area contributed by atoms with Gasteiger partial charge in [-0.15, -0.1) is 0 Å². The van der Waals surface area contributed by atoms with Gasteiger partial charge in [-0.1, -0.05) is 17.7 Å². The smallest absolute Gasteiger partial charge is 0.257 e. The number of β-amino-alcohol motifs (C(OH)–C–C–N with tert-alkyl or cyclic N) is 1. The van der Waals surface area contributed by atoms with Gasteiger partial charge in [0.25, 0.3) is 5.91 Å². The lowest BCUT2D eigenvalue weighted by Gasteiger charge is -2.23. The van der Waals surface area contributed by atoms with Crippen LogP contribution in [0.25, 0.3) is 0 Å². The Bertz CT molecular complexity index is 787. The highest BCUT2D eigenvalue weighted by atomic mass is 16.5. The van der Waals surface area contributed by atoms with Crippen molar-refractivity contribution < 1.29 is 14.6 Å². The summed E-state index contributed by atoms with van der Waals surface area (Å²) in [6.45, 7) is 2.93. The number of likely N-dealkylation sites (tertiary alicyclic amines) is 1. The summed E-state index contributed by atoms with van der Waals surface area (Å²) in [7, 11) is 0. The summed E-state index contributed by atoms with van der Waals surface area (Å²) in [6, 6.07) is 7.70. The molecule has 0 spiro atoms. The SMILES string of the molecule is Cc1ccc(OCC2(O)CCN(C(=O)c3cnc(C4CC4)nc3)C2)cc1. The van der Waals surface area contributed by atoms with Gasteiger partial charge in [0.2, 0.25) is 0 Å². The van der Waals surface area contributed by atoms with Crippen LogP contribution in [0.1, 0.15) is 46.9 Å². The van der Waals surface area contributed by atoms with Gasteiger partial charge in [0.1, 0.15) is 23.8 Å². The summed E-state index contributed by atoms with van der Waals surface area (Å²) >= 11 is 0. The van der Waals surface area contributed by atoms with Gasteiger partial charge >= 0.3 is 0 Å². The van der Waals surface area contributed by atoms with Crippen LogP contribution in [0.2, 0.25) is 0 Å². The Balaban J connectivity index is 1.35. The Morgan fingerprint density at radius 1 is 1.27 bits per heavy atom. The molecule has 1 unspecified atom stereocenters. The van der Waals surface area contributed by atoms with Gasteiger partial charge in [0, 0.05) is 24.9 Å². The lowest BCUT2D eigenvalue weighted by Crippen LogP contribution is -2.40. The molecule has 2 fully saturated rings. The number of aryl methyl sites for hydroxylation is 1. The first kappa shape index (κ1) is 17.0. The molecular weight excluding hydrogens is 330 g/mol. The van der Waals surface area contributed by atoms with Gasteiger partial charge in [0.15, 0.2) is 0 Å². The van der Waals surface area contributed by atoms with Crippen molar-refractivity contribution in [3.05, 3.63) is 53.6 Å². The van der Waals surface area contributed by atoms with Crippen LogP contribution in [0.3, 0.4) is 0 Å². The number of aromatic nitrogens is 2. The van der Waals surface area contributed by atoms with Crippen molar-refractivity contribution in [3.8, 4) is 5.75 Å². The van der Waals surface area contributed by atoms with Crippen LogP contribution < -0.4 is 4.74 Å². The summed E-state index contributed by atoms with van der Waals surface area (Å²) in [5.74, 6) is 1.87. The summed E-state index contributed by atoms with van der Waals surface area (Å²) in [5.41, 5.74) is 0.594. The molecule has 6 nitrogen and oxygen atoms in total. The quantitative estimate of drug-likeness (QED) is 0.893. The molecule has 0 bridgehead atoms. The second-order valence-electron chi connectivity index (χ2n) is 7.41. The predicted octanol–water partition coefficient (Wildman–Crippen LogP) is 2.32. The first-order valence-corrected chi connectivity index (χ1v) is 9.05. The van der Waals surface area contributed by atoms with Crippen LogP contribution >= 0.6 is 0 Å².